The van der Waals surface area contributed by atoms with Crippen molar-refractivity contribution in [2.24, 2.45) is 17.8 Å². The summed E-state index contributed by atoms with van der Waals surface area (Å²) in [4.78, 5) is 54.3. The van der Waals surface area contributed by atoms with Crippen LogP contribution in [0.4, 0.5) is 5.69 Å². The second-order valence-corrected chi connectivity index (χ2v) is 9.46. The smallest absolute Gasteiger partial charge is 0.316 e. The first kappa shape index (κ1) is 22.3. The fourth-order valence-corrected chi connectivity index (χ4v) is 5.48. The van der Waals surface area contributed by atoms with Crippen molar-refractivity contribution in [2.75, 3.05) is 11.4 Å². The Kier molecular flexibility index (Phi) is 5.94. The summed E-state index contributed by atoms with van der Waals surface area (Å²) < 4.78 is 5.60. The average molecular weight is 461 g/mol. The molecule has 1 aliphatic carbocycles. The van der Waals surface area contributed by atoms with Gasteiger partial charge in [-0.15, -0.1) is 0 Å². The fourth-order valence-electron chi connectivity index (χ4n) is 5.48. The van der Waals surface area contributed by atoms with Gasteiger partial charge >= 0.3 is 5.97 Å². The molecule has 0 spiro atoms. The Hall–Kier alpha value is -3.48. The molecule has 3 fully saturated rings. The fraction of sp³-hybridized carbons (Fsp3) is 0.407. The third-order valence-electron chi connectivity index (χ3n) is 7.38. The molecule has 3 aliphatic rings. The number of carbonyl (C=O) groups is 4. The van der Waals surface area contributed by atoms with Crippen molar-refractivity contribution >= 4 is 29.4 Å². The van der Waals surface area contributed by atoms with E-state index in [4.69, 9.17) is 4.74 Å². The van der Waals surface area contributed by atoms with Crippen molar-refractivity contribution in [3.8, 4) is 5.75 Å². The van der Waals surface area contributed by atoms with Crippen LogP contribution < -0.4 is 9.64 Å². The molecule has 2 heterocycles. The van der Waals surface area contributed by atoms with E-state index in [0.29, 0.717) is 12.2 Å². The minimum atomic E-state index is -0.569. The third kappa shape index (κ3) is 4.00. The van der Waals surface area contributed by atoms with Gasteiger partial charge in [-0.05, 0) is 37.5 Å². The Morgan fingerprint density at radius 2 is 1.62 bits per heavy atom. The van der Waals surface area contributed by atoms with Gasteiger partial charge in [-0.2, -0.15) is 0 Å². The third-order valence-corrected chi connectivity index (χ3v) is 7.38. The van der Waals surface area contributed by atoms with Crippen molar-refractivity contribution in [2.45, 2.75) is 45.1 Å². The lowest BCUT2D eigenvalue weighted by molar-refractivity contribution is -0.139. The van der Waals surface area contributed by atoms with E-state index < -0.39 is 11.9 Å². The van der Waals surface area contributed by atoms with E-state index in [1.54, 1.807) is 29.2 Å². The van der Waals surface area contributed by atoms with Gasteiger partial charge in [0.2, 0.25) is 17.7 Å². The van der Waals surface area contributed by atoms with E-state index in [1.807, 2.05) is 37.3 Å². The lowest BCUT2D eigenvalue weighted by Gasteiger charge is -2.25. The number of hydrogen-bond acceptors (Lipinski definition) is 5. The maximum absolute atomic E-state index is 12.9. The van der Waals surface area contributed by atoms with Gasteiger partial charge in [0.05, 0.1) is 29.5 Å². The van der Waals surface area contributed by atoms with Gasteiger partial charge in [-0.1, -0.05) is 49.2 Å². The zero-order valence-corrected chi connectivity index (χ0v) is 19.2. The summed E-state index contributed by atoms with van der Waals surface area (Å²) in [5, 5.41) is 0. The molecule has 176 valence electrons. The van der Waals surface area contributed by atoms with Crippen molar-refractivity contribution in [3.05, 3.63) is 60.2 Å². The van der Waals surface area contributed by atoms with Crippen LogP contribution in [-0.2, 0) is 19.2 Å². The van der Waals surface area contributed by atoms with Crippen LogP contribution in [0.15, 0.2) is 54.6 Å². The van der Waals surface area contributed by atoms with E-state index in [2.05, 4.69) is 0 Å². The predicted octanol–water partition coefficient (Wildman–Crippen LogP) is 3.88. The first-order chi connectivity index (χ1) is 16.4. The molecule has 5 rings (SSSR count). The molecule has 0 bridgehead atoms. The van der Waals surface area contributed by atoms with Gasteiger partial charge in [0.15, 0.2) is 0 Å². The molecule has 3 amide bonds. The largest absolute Gasteiger partial charge is 0.426 e. The predicted molar refractivity (Wildman–Crippen MR) is 125 cm³/mol. The number of carbonyl (C=O) groups excluding carboxylic acids is 4. The van der Waals surface area contributed by atoms with Crippen LogP contribution in [0.2, 0.25) is 0 Å². The number of anilines is 1. The number of nitrogens with zero attached hydrogens (tertiary/aromatic N) is 2. The normalized spacial score (nSPS) is 25.4. The maximum Gasteiger partial charge on any atom is 0.316 e. The van der Waals surface area contributed by atoms with Crippen molar-refractivity contribution in [3.63, 3.8) is 0 Å². The highest BCUT2D eigenvalue weighted by Gasteiger charge is 2.48. The van der Waals surface area contributed by atoms with Gasteiger partial charge in [0.25, 0.3) is 0 Å². The van der Waals surface area contributed by atoms with Crippen molar-refractivity contribution in [1.82, 2.24) is 4.90 Å². The minimum Gasteiger partial charge on any atom is -0.426 e. The Morgan fingerprint density at radius 3 is 2.29 bits per heavy atom. The summed E-state index contributed by atoms with van der Waals surface area (Å²) in [7, 11) is 0. The standard InChI is InChI=1S/C27H28N2O5/c1-17(18-8-3-2-4-9-18)28-16-19(14-24(28)30)27(33)34-21-11-7-10-20(15-21)29-25(31)22-12-5-6-13-23(22)26(29)32/h2-4,7-11,15,17,19,22-23H,5-6,12-14,16H2,1H3/t17-,19-,22-,23-/m1/s1. The van der Waals surface area contributed by atoms with Gasteiger partial charge in [0, 0.05) is 19.0 Å². The quantitative estimate of drug-likeness (QED) is 0.384. The first-order valence-corrected chi connectivity index (χ1v) is 12.0. The molecule has 7 heteroatoms. The summed E-state index contributed by atoms with van der Waals surface area (Å²) in [6.07, 6.45) is 3.52. The molecule has 0 radical (unpaired) electrons. The van der Waals surface area contributed by atoms with Gasteiger partial charge < -0.3 is 9.64 Å². The molecule has 2 saturated heterocycles. The summed E-state index contributed by atoms with van der Waals surface area (Å²) in [6.45, 7) is 2.24. The molecular formula is C27H28N2O5. The number of likely N-dealkylation sites (tertiary alicyclic amines) is 1. The number of ether oxygens (including phenoxy) is 1. The molecule has 7 nitrogen and oxygen atoms in total. The first-order valence-electron chi connectivity index (χ1n) is 12.0. The van der Waals surface area contributed by atoms with Gasteiger partial charge in [0.1, 0.15) is 5.75 Å². The Morgan fingerprint density at radius 1 is 0.941 bits per heavy atom. The number of amides is 3. The van der Waals surface area contributed by atoms with Gasteiger partial charge in [-0.25, -0.2) is 4.90 Å². The molecule has 2 aromatic carbocycles. The Labute approximate surface area is 198 Å². The van der Waals surface area contributed by atoms with Crippen LogP contribution in [-0.4, -0.2) is 35.1 Å². The van der Waals surface area contributed by atoms with E-state index in [0.717, 1.165) is 31.2 Å². The number of imide groups is 1. The van der Waals surface area contributed by atoms with Crippen LogP contribution in [0.1, 0.15) is 50.6 Å². The van der Waals surface area contributed by atoms with E-state index in [1.165, 1.54) is 4.90 Å². The van der Waals surface area contributed by atoms with Crippen molar-refractivity contribution < 1.29 is 23.9 Å². The van der Waals surface area contributed by atoms with E-state index in [9.17, 15) is 19.2 Å². The molecule has 1 saturated carbocycles. The average Bonchev–Trinajstić information content (AvgIpc) is 3.37. The summed E-state index contributed by atoms with van der Waals surface area (Å²) >= 11 is 0. The molecule has 2 aromatic rings. The maximum atomic E-state index is 12.9. The lowest BCUT2D eigenvalue weighted by Crippen LogP contribution is -2.31. The second kappa shape index (κ2) is 9.05. The molecule has 4 atom stereocenters. The van der Waals surface area contributed by atoms with E-state index in [-0.39, 0.29) is 47.8 Å². The lowest BCUT2D eigenvalue weighted by atomic mass is 9.81. The molecule has 2 aliphatic heterocycles. The Balaban J connectivity index is 1.27. The molecule has 34 heavy (non-hydrogen) atoms. The molecule has 0 N–H and O–H groups in total. The van der Waals surface area contributed by atoms with Gasteiger partial charge in [-0.3, -0.25) is 19.2 Å². The highest BCUT2D eigenvalue weighted by molar-refractivity contribution is 6.22. The van der Waals surface area contributed by atoms with Crippen LogP contribution in [0, 0.1) is 17.8 Å². The summed E-state index contributed by atoms with van der Waals surface area (Å²) in [5.74, 6) is -1.68. The van der Waals surface area contributed by atoms with Crippen LogP contribution >= 0.6 is 0 Å². The summed E-state index contributed by atoms with van der Waals surface area (Å²) in [6, 6.07) is 16.1. The minimum absolute atomic E-state index is 0.0806. The molecule has 0 aromatic heterocycles. The van der Waals surface area contributed by atoms with E-state index >= 15 is 0 Å². The Bertz CT molecular complexity index is 1110. The highest BCUT2D eigenvalue weighted by atomic mass is 16.5. The van der Waals surface area contributed by atoms with Crippen LogP contribution in [0.5, 0.6) is 5.75 Å². The number of esters is 1. The van der Waals surface area contributed by atoms with Crippen LogP contribution in [0.3, 0.4) is 0 Å². The van der Waals surface area contributed by atoms with Crippen molar-refractivity contribution in [1.29, 1.82) is 0 Å². The molecule has 0 unspecified atom stereocenters. The monoisotopic (exact) mass is 460 g/mol. The topological polar surface area (TPSA) is 84.0 Å². The number of rotatable bonds is 5. The van der Waals surface area contributed by atoms with Crippen LogP contribution in [0.25, 0.3) is 0 Å². The highest BCUT2D eigenvalue weighted by Crippen LogP contribution is 2.40. The summed E-state index contributed by atoms with van der Waals surface area (Å²) in [5.41, 5.74) is 1.44. The molecular weight excluding hydrogens is 432 g/mol. The number of benzene rings is 2. The number of fused-ring (bicyclic) bond motifs is 1. The zero-order chi connectivity index (χ0) is 23.8. The second-order valence-electron chi connectivity index (χ2n) is 9.46. The number of hydrogen-bond donors (Lipinski definition) is 0. The zero-order valence-electron chi connectivity index (χ0n) is 19.2. The SMILES string of the molecule is C[C@H](c1ccccc1)N1C[C@H](C(=O)Oc2cccc(N3C(=O)[C@@H]4CCCC[C@H]4C3=O)c2)CC1=O.